The summed E-state index contributed by atoms with van der Waals surface area (Å²) < 4.78 is 0. The third-order valence-corrected chi connectivity index (χ3v) is 3.58. The lowest BCUT2D eigenvalue weighted by Gasteiger charge is -2.08. The van der Waals surface area contributed by atoms with Gasteiger partial charge in [-0.25, -0.2) is 9.97 Å². The van der Waals surface area contributed by atoms with Crippen molar-refractivity contribution < 1.29 is 5.11 Å². The Morgan fingerprint density at radius 2 is 1.57 bits per heavy atom. The third kappa shape index (κ3) is 4.01. The second kappa shape index (κ2) is 7.95. The van der Waals surface area contributed by atoms with Crippen LogP contribution in [0.15, 0.2) is 54.7 Å². The zero-order valence-corrected chi connectivity index (χ0v) is 14.3. The van der Waals surface area contributed by atoms with Gasteiger partial charge in [-0.3, -0.25) is 0 Å². The van der Waals surface area contributed by atoms with Crippen molar-refractivity contribution in [3.05, 3.63) is 64.8 Å². The van der Waals surface area contributed by atoms with Crippen LogP contribution >= 0.6 is 23.2 Å². The van der Waals surface area contributed by atoms with Gasteiger partial charge < -0.3 is 5.11 Å². The predicted octanol–water partition coefficient (Wildman–Crippen LogP) is 5.85. The first-order valence-electron chi connectivity index (χ1n) is 7.22. The zero-order valence-electron chi connectivity index (χ0n) is 12.8. The first kappa shape index (κ1) is 17.3. The van der Waals surface area contributed by atoms with Gasteiger partial charge in [0.15, 0.2) is 11.6 Å². The molecule has 118 valence electrons. The van der Waals surface area contributed by atoms with E-state index in [1.165, 1.54) is 6.20 Å². The molecule has 0 aliphatic heterocycles. The number of aromatic hydroxyl groups is 1. The lowest BCUT2D eigenvalue weighted by Crippen LogP contribution is -1.93. The maximum absolute atomic E-state index is 10.00. The highest BCUT2D eigenvalue weighted by atomic mass is 35.5. The first-order chi connectivity index (χ1) is 11.1. The molecule has 0 aliphatic carbocycles. The fraction of sp³-hybridized carbons (Fsp3) is 0.111. The number of nitrogens with zero attached hydrogens (tertiary/aromatic N) is 2. The van der Waals surface area contributed by atoms with E-state index in [2.05, 4.69) is 9.97 Å². The van der Waals surface area contributed by atoms with Crippen molar-refractivity contribution in [2.45, 2.75) is 13.8 Å². The van der Waals surface area contributed by atoms with Crippen LogP contribution in [0.5, 0.6) is 5.75 Å². The summed E-state index contributed by atoms with van der Waals surface area (Å²) in [6, 6.07) is 14.4. The molecule has 0 amide bonds. The summed E-state index contributed by atoms with van der Waals surface area (Å²) in [6.07, 6.45) is 1.37. The number of rotatable bonds is 2. The molecule has 2 aromatic carbocycles. The highest BCUT2D eigenvalue weighted by Crippen LogP contribution is 2.33. The van der Waals surface area contributed by atoms with E-state index in [-0.39, 0.29) is 5.75 Å². The Morgan fingerprint density at radius 3 is 2.22 bits per heavy atom. The number of halogens is 2. The second-order valence-corrected chi connectivity index (χ2v) is 5.26. The first-order valence-corrected chi connectivity index (χ1v) is 7.97. The Balaban J connectivity index is 0.000000924. The van der Waals surface area contributed by atoms with Gasteiger partial charge >= 0.3 is 0 Å². The summed E-state index contributed by atoms with van der Waals surface area (Å²) in [7, 11) is 0. The lowest BCUT2D eigenvalue weighted by atomic mass is 10.1. The highest BCUT2D eigenvalue weighted by molar-refractivity contribution is 6.33. The molecule has 0 fully saturated rings. The molecule has 0 unspecified atom stereocenters. The Kier molecular flexibility index (Phi) is 5.97. The van der Waals surface area contributed by atoms with Crippen LogP contribution in [0.3, 0.4) is 0 Å². The summed E-state index contributed by atoms with van der Waals surface area (Å²) in [4.78, 5) is 8.56. The van der Waals surface area contributed by atoms with Crippen LogP contribution in [0.4, 0.5) is 0 Å². The van der Waals surface area contributed by atoms with Gasteiger partial charge in [0.1, 0.15) is 5.69 Å². The minimum atomic E-state index is -0.0131. The van der Waals surface area contributed by atoms with Crippen LogP contribution in [-0.2, 0) is 0 Å². The average Bonchev–Trinajstić information content (AvgIpc) is 2.59. The minimum Gasteiger partial charge on any atom is -0.504 e. The van der Waals surface area contributed by atoms with Crippen molar-refractivity contribution in [3.63, 3.8) is 0 Å². The standard InChI is InChI=1S/C16H10Cl2N2O.C2H6/c17-11-7-5-10(6-8-11)16-19-9-14(21)15(20-16)12-3-1-2-4-13(12)18;1-2/h1-9,21H;1-2H3. The molecule has 1 aromatic heterocycles. The Labute approximate surface area is 145 Å². The van der Waals surface area contributed by atoms with Crippen molar-refractivity contribution in [2.24, 2.45) is 0 Å². The highest BCUT2D eigenvalue weighted by Gasteiger charge is 2.12. The molecule has 23 heavy (non-hydrogen) atoms. The predicted molar refractivity (Wildman–Crippen MR) is 95.9 cm³/mol. The fourth-order valence-corrected chi connectivity index (χ4v) is 2.32. The van der Waals surface area contributed by atoms with Gasteiger partial charge in [0.05, 0.1) is 11.2 Å². The summed E-state index contributed by atoms with van der Waals surface area (Å²) in [6.45, 7) is 4.00. The van der Waals surface area contributed by atoms with Crippen molar-refractivity contribution in [1.29, 1.82) is 0 Å². The Morgan fingerprint density at radius 1 is 0.913 bits per heavy atom. The molecule has 0 aliphatic rings. The molecule has 0 saturated carbocycles. The molecule has 0 radical (unpaired) electrons. The van der Waals surface area contributed by atoms with E-state index in [1.54, 1.807) is 24.3 Å². The summed E-state index contributed by atoms with van der Waals surface area (Å²) in [5.74, 6) is 0.486. The van der Waals surface area contributed by atoms with Gasteiger partial charge in [-0.05, 0) is 30.3 Å². The molecule has 1 heterocycles. The molecule has 3 rings (SSSR count). The number of hydrogen-bond acceptors (Lipinski definition) is 3. The van der Waals surface area contributed by atoms with Crippen molar-refractivity contribution in [2.75, 3.05) is 0 Å². The molecule has 5 heteroatoms. The smallest absolute Gasteiger partial charge is 0.160 e. The number of hydrogen-bond donors (Lipinski definition) is 1. The van der Waals surface area contributed by atoms with Crippen LogP contribution in [0, 0.1) is 0 Å². The molecular formula is C18H16Cl2N2O. The number of benzene rings is 2. The SMILES string of the molecule is CC.Oc1cnc(-c2ccc(Cl)cc2)nc1-c1ccccc1Cl. The number of aromatic nitrogens is 2. The Hall–Kier alpha value is -2.10. The molecule has 0 spiro atoms. The second-order valence-electron chi connectivity index (χ2n) is 4.41. The molecule has 3 nitrogen and oxygen atoms in total. The summed E-state index contributed by atoms with van der Waals surface area (Å²) in [5.41, 5.74) is 1.88. The molecular weight excluding hydrogens is 331 g/mol. The topological polar surface area (TPSA) is 46.0 Å². The van der Waals surface area contributed by atoms with Gasteiger partial charge in [-0.1, -0.05) is 55.2 Å². The summed E-state index contributed by atoms with van der Waals surface area (Å²) in [5, 5.41) is 11.2. The summed E-state index contributed by atoms with van der Waals surface area (Å²) >= 11 is 12.0. The monoisotopic (exact) mass is 346 g/mol. The van der Waals surface area contributed by atoms with Crippen LogP contribution in [0.1, 0.15) is 13.8 Å². The molecule has 3 aromatic rings. The van der Waals surface area contributed by atoms with Gasteiger partial charge in [0.25, 0.3) is 0 Å². The zero-order chi connectivity index (χ0) is 16.8. The van der Waals surface area contributed by atoms with Crippen LogP contribution < -0.4 is 0 Å². The largest absolute Gasteiger partial charge is 0.504 e. The van der Waals surface area contributed by atoms with E-state index in [0.717, 1.165) is 5.56 Å². The lowest BCUT2D eigenvalue weighted by molar-refractivity contribution is 0.472. The van der Waals surface area contributed by atoms with Gasteiger partial charge in [0.2, 0.25) is 0 Å². The molecule has 0 saturated heterocycles. The molecule has 0 atom stereocenters. The van der Waals surface area contributed by atoms with Crippen LogP contribution in [-0.4, -0.2) is 15.1 Å². The van der Waals surface area contributed by atoms with Gasteiger partial charge in [-0.2, -0.15) is 0 Å². The normalized spacial score (nSPS) is 9.91. The van der Waals surface area contributed by atoms with E-state index in [1.807, 2.05) is 38.1 Å². The maximum Gasteiger partial charge on any atom is 0.160 e. The van der Waals surface area contributed by atoms with Crippen LogP contribution in [0.2, 0.25) is 10.0 Å². The quantitative estimate of drug-likeness (QED) is 0.632. The maximum atomic E-state index is 10.00. The minimum absolute atomic E-state index is 0.0131. The van der Waals surface area contributed by atoms with Gasteiger partial charge in [0, 0.05) is 16.1 Å². The van der Waals surface area contributed by atoms with E-state index >= 15 is 0 Å². The van der Waals surface area contributed by atoms with Gasteiger partial charge in [-0.15, -0.1) is 0 Å². The van der Waals surface area contributed by atoms with Crippen molar-refractivity contribution in [1.82, 2.24) is 9.97 Å². The van der Waals surface area contributed by atoms with Crippen molar-refractivity contribution >= 4 is 23.2 Å². The van der Waals surface area contributed by atoms with Crippen LogP contribution in [0.25, 0.3) is 22.6 Å². The molecule has 1 N–H and O–H groups in total. The van der Waals surface area contributed by atoms with Crippen molar-refractivity contribution in [3.8, 4) is 28.4 Å². The molecule has 0 bridgehead atoms. The third-order valence-electron chi connectivity index (χ3n) is 3.00. The van der Waals surface area contributed by atoms with E-state index in [4.69, 9.17) is 23.2 Å². The van der Waals surface area contributed by atoms with E-state index in [0.29, 0.717) is 27.1 Å². The van der Waals surface area contributed by atoms with E-state index < -0.39 is 0 Å². The average molecular weight is 347 g/mol. The van der Waals surface area contributed by atoms with E-state index in [9.17, 15) is 5.11 Å². The Bertz CT molecular complexity index is 789. The fourth-order valence-electron chi connectivity index (χ4n) is 1.96.